The summed E-state index contributed by atoms with van der Waals surface area (Å²) in [6, 6.07) is 5.42. The molecule has 76 valence electrons. The molecule has 14 heavy (non-hydrogen) atoms. The molecule has 0 heterocycles. The standard InChI is InChI=1S/C11H13BrO2/c1-2-3-6-14-10-4-5-11(12)9(7-10)8-13/h4-5,7-8H,2-3,6H2,1H3. The zero-order valence-electron chi connectivity index (χ0n) is 8.13. The van der Waals surface area contributed by atoms with Crippen LogP contribution in [-0.4, -0.2) is 12.9 Å². The van der Waals surface area contributed by atoms with Crippen LogP contribution >= 0.6 is 15.9 Å². The lowest BCUT2D eigenvalue weighted by atomic mass is 10.2. The van der Waals surface area contributed by atoms with E-state index in [-0.39, 0.29) is 0 Å². The highest BCUT2D eigenvalue weighted by atomic mass is 79.9. The molecule has 0 aliphatic carbocycles. The van der Waals surface area contributed by atoms with E-state index in [0.29, 0.717) is 12.2 Å². The first-order chi connectivity index (χ1) is 6.77. The molecule has 0 aliphatic rings. The van der Waals surface area contributed by atoms with Crippen molar-refractivity contribution in [2.75, 3.05) is 6.61 Å². The Morgan fingerprint density at radius 1 is 1.50 bits per heavy atom. The van der Waals surface area contributed by atoms with E-state index in [1.807, 2.05) is 12.1 Å². The Kier molecular flexibility index (Phi) is 4.66. The van der Waals surface area contributed by atoms with Crippen molar-refractivity contribution in [3.63, 3.8) is 0 Å². The zero-order chi connectivity index (χ0) is 10.4. The van der Waals surface area contributed by atoms with Crippen LogP contribution in [0.15, 0.2) is 22.7 Å². The fraction of sp³-hybridized carbons (Fsp3) is 0.364. The molecule has 0 aliphatic heterocycles. The summed E-state index contributed by atoms with van der Waals surface area (Å²) in [7, 11) is 0. The Morgan fingerprint density at radius 2 is 2.29 bits per heavy atom. The predicted octanol–water partition coefficient (Wildman–Crippen LogP) is 3.44. The van der Waals surface area contributed by atoms with Gasteiger partial charge < -0.3 is 4.74 Å². The summed E-state index contributed by atoms with van der Waals surface area (Å²) in [4.78, 5) is 10.6. The molecule has 0 bridgehead atoms. The molecule has 0 spiro atoms. The number of carbonyl (C=O) groups excluding carboxylic acids is 1. The van der Waals surface area contributed by atoms with E-state index < -0.39 is 0 Å². The molecule has 0 saturated carbocycles. The second-order valence-electron chi connectivity index (χ2n) is 3.00. The first-order valence-electron chi connectivity index (χ1n) is 4.65. The van der Waals surface area contributed by atoms with Gasteiger partial charge in [-0.2, -0.15) is 0 Å². The average molecular weight is 257 g/mol. The van der Waals surface area contributed by atoms with Crippen LogP contribution < -0.4 is 4.74 Å². The van der Waals surface area contributed by atoms with Gasteiger partial charge in [0.2, 0.25) is 0 Å². The van der Waals surface area contributed by atoms with Gasteiger partial charge in [-0.3, -0.25) is 4.79 Å². The van der Waals surface area contributed by atoms with Crippen LogP contribution in [0.4, 0.5) is 0 Å². The lowest BCUT2D eigenvalue weighted by Crippen LogP contribution is -1.97. The number of hydrogen-bond acceptors (Lipinski definition) is 2. The van der Waals surface area contributed by atoms with Crippen molar-refractivity contribution in [2.24, 2.45) is 0 Å². The fourth-order valence-electron chi connectivity index (χ4n) is 1.04. The van der Waals surface area contributed by atoms with Crippen LogP contribution in [0.5, 0.6) is 5.75 Å². The maximum absolute atomic E-state index is 10.6. The summed E-state index contributed by atoms with van der Waals surface area (Å²) in [5, 5.41) is 0. The van der Waals surface area contributed by atoms with Gasteiger partial charge in [0.05, 0.1) is 6.61 Å². The van der Waals surface area contributed by atoms with Gasteiger partial charge >= 0.3 is 0 Å². The Hall–Kier alpha value is -0.830. The van der Waals surface area contributed by atoms with Crippen molar-refractivity contribution < 1.29 is 9.53 Å². The van der Waals surface area contributed by atoms with Gasteiger partial charge in [0.1, 0.15) is 5.75 Å². The molecule has 0 fully saturated rings. The van der Waals surface area contributed by atoms with Gasteiger partial charge in [0.15, 0.2) is 6.29 Å². The van der Waals surface area contributed by atoms with Crippen molar-refractivity contribution >= 4 is 22.2 Å². The van der Waals surface area contributed by atoms with Crippen LogP contribution in [0.1, 0.15) is 30.1 Å². The van der Waals surface area contributed by atoms with E-state index in [1.54, 1.807) is 6.07 Å². The van der Waals surface area contributed by atoms with Crippen molar-refractivity contribution in [2.45, 2.75) is 19.8 Å². The van der Waals surface area contributed by atoms with Crippen molar-refractivity contribution in [1.82, 2.24) is 0 Å². The lowest BCUT2D eigenvalue weighted by Gasteiger charge is -2.06. The molecule has 0 radical (unpaired) electrons. The lowest BCUT2D eigenvalue weighted by molar-refractivity contribution is 0.112. The summed E-state index contributed by atoms with van der Waals surface area (Å²) in [6.07, 6.45) is 2.96. The van der Waals surface area contributed by atoms with E-state index >= 15 is 0 Å². The number of unbranched alkanes of at least 4 members (excludes halogenated alkanes) is 1. The van der Waals surface area contributed by atoms with Crippen molar-refractivity contribution in [3.8, 4) is 5.75 Å². The first kappa shape index (κ1) is 11.2. The molecule has 0 N–H and O–H groups in total. The molecule has 1 aromatic rings. The van der Waals surface area contributed by atoms with Crippen molar-refractivity contribution in [1.29, 1.82) is 0 Å². The highest BCUT2D eigenvalue weighted by Gasteiger charge is 2.00. The molecule has 1 rings (SSSR count). The number of benzene rings is 1. The van der Waals surface area contributed by atoms with Gasteiger partial charge in [-0.15, -0.1) is 0 Å². The van der Waals surface area contributed by atoms with E-state index in [0.717, 1.165) is 29.4 Å². The zero-order valence-corrected chi connectivity index (χ0v) is 9.71. The quantitative estimate of drug-likeness (QED) is 0.596. The minimum absolute atomic E-state index is 0.624. The molecule has 1 aromatic carbocycles. The van der Waals surface area contributed by atoms with Gasteiger partial charge in [-0.05, 0) is 24.6 Å². The SMILES string of the molecule is CCCCOc1ccc(Br)c(C=O)c1. The third kappa shape index (κ3) is 3.14. The summed E-state index contributed by atoms with van der Waals surface area (Å²) in [5.41, 5.74) is 0.624. The maximum Gasteiger partial charge on any atom is 0.151 e. The van der Waals surface area contributed by atoms with Gasteiger partial charge in [-0.25, -0.2) is 0 Å². The Morgan fingerprint density at radius 3 is 2.93 bits per heavy atom. The minimum Gasteiger partial charge on any atom is -0.494 e. The third-order valence-electron chi connectivity index (χ3n) is 1.86. The van der Waals surface area contributed by atoms with E-state index in [4.69, 9.17) is 4.74 Å². The number of ether oxygens (including phenoxy) is 1. The van der Waals surface area contributed by atoms with Gasteiger partial charge in [-0.1, -0.05) is 29.3 Å². The predicted molar refractivity (Wildman–Crippen MR) is 59.9 cm³/mol. The molecular formula is C11H13BrO2. The van der Waals surface area contributed by atoms with Crippen LogP contribution in [0.3, 0.4) is 0 Å². The Bertz CT molecular complexity index is 310. The summed E-state index contributed by atoms with van der Waals surface area (Å²) < 4.78 is 6.27. The van der Waals surface area contributed by atoms with E-state index in [1.165, 1.54) is 0 Å². The molecule has 0 amide bonds. The highest BCUT2D eigenvalue weighted by molar-refractivity contribution is 9.10. The molecule has 0 atom stereocenters. The largest absolute Gasteiger partial charge is 0.494 e. The van der Waals surface area contributed by atoms with E-state index in [2.05, 4.69) is 22.9 Å². The second-order valence-corrected chi connectivity index (χ2v) is 3.86. The number of rotatable bonds is 5. The summed E-state index contributed by atoms with van der Waals surface area (Å²) >= 11 is 3.29. The molecule has 0 aromatic heterocycles. The normalized spacial score (nSPS) is 9.86. The average Bonchev–Trinajstić information content (AvgIpc) is 2.21. The topological polar surface area (TPSA) is 26.3 Å². The summed E-state index contributed by atoms with van der Waals surface area (Å²) in [6.45, 7) is 2.82. The van der Waals surface area contributed by atoms with Crippen LogP contribution in [-0.2, 0) is 0 Å². The highest BCUT2D eigenvalue weighted by Crippen LogP contribution is 2.21. The fourth-order valence-corrected chi connectivity index (χ4v) is 1.38. The number of aldehydes is 1. The minimum atomic E-state index is 0.624. The molecule has 2 nitrogen and oxygen atoms in total. The maximum atomic E-state index is 10.6. The molecular weight excluding hydrogens is 244 g/mol. The Labute approximate surface area is 92.4 Å². The van der Waals surface area contributed by atoms with Crippen LogP contribution in [0, 0.1) is 0 Å². The number of hydrogen-bond donors (Lipinski definition) is 0. The number of carbonyl (C=O) groups is 1. The molecule has 0 unspecified atom stereocenters. The molecule has 0 saturated heterocycles. The molecule has 3 heteroatoms. The van der Waals surface area contributed by atoms with E-state index in [9.17, 15) is 4.79 Å². The van der Waals surface area contributed by atoms with Gasteiger partial charge in [0, 0.05) is 10.0 Å². The Balaban J connectivity index is 2.64. The number of halogens is 1. The van der Waals surface area contributed by atoms with Crippen molar-refractivity contribution in [3.05, 3.63) is 28.2 Å². The second kappa shape index (κ2) is 5.81. The first-order valence-corrected chi connectivity index (χ1v) is 5.44. The third-order valence-corrected chi connectivity index (χ3v) is 2.58. The monoisotopic (exact) mass is 256 g/mol. The smallest absolute Gasteiger partial charge is 0.151 e. The summed E-state index contributed by atoms with van der Waals surface area (Å²) in [5.74, 6) is 0.753. The van der Waals surface area contributed by atoms with Gasteiger partial charge in [0.25, 0.3) is 0 Å². The van der Waals surface area contributed by atoms with Crippen LogP contribution in [0.2, 0.25) is 0 Å². The van der Waals surface area contributed by atoms with Crippen LogP contribution in [0.25, 0.3) is 0 Å².